The van der Waals surface area contributed by atoms with Crippen molar-refractivity contribution in [1.82, 2.24) is 14.5 Å². The van der Waals surface area contributed by atoms with Crippen LogP contribution in [0.4, 0.5) is 39.1 Å². The van der Waals surface area contributed by atoms with Crippen LogP contribution < -0.4 is 10.6 Å². The number of halogens is 5. The summed E-state index contributed by atoms with van der Waals surface area (Å²) in [5.41, 5.74) is -1.60. The lowest BCUT2D eigenvalue weighted by molar-refractivity contribution is -0.137. The summed E-state index contributed by atoms with van der Waals surface area (Å²) in [4.78, 5) is 20.3. The highest BCUT2D eigenvalue weighted by Gasteiger charge is 2.34. The molecule has 2 N–H and O–H groups in total. The quantitative estimate of drug-likeness (QED) is 0.355. The van der Waals surface area contributed by atoms with Crippen molar-refractivity contribution in [2.75, 3.05) is 23.5 Å². The van der Waals surface area contributed by atoms with E-state index < -0.39 is 45.0 Å². The molecule has 1 aromatic carbocycles. The first kappa shape index (κ1) is 27.2. The van der Waals surface area contributed by atoms with Gasteiger partial charge >= 0.3 is 6.18 Å². The highest BCUT2D eigenvalue weighted by atomic mass is 32.2. The van der Waals surface area contributed by atoms with Crippen molar-refractivity contribution in [3.05, 3.63) is 35.7 Å². The van der Waals surface area contributed by atoms with Crippen LogP contribution in [0.2, 0.25) is 0 Å². The molecule has 2 aliphatic rings. The molecule has 3 aromatic rings. The Hall–Kier alpha value is -3.33. The summed E-state index contributed by atoms with van der Waals surface area (Å²) in [6, 6.07) is 3.40. The molecule has 1 atom stereocenters. The van der Waals surface area contributed by atoms with Crippen molar-refractivity contribution in [3.8, 4) is 0 Å². The van der Waals surface area contributed by atoms with Crippen LogP contribution in [0.3, 0.4) is 0 Å². The minimum absolute atomic E-state index is 0.0208. The van der Waals surface area contributed by atoms with E-state index in [-0.39, 0.29) is 40.2 Å². The van der Waals surface area contributed by atoms with Gasteiger partial charge in [0.05, 0.1) is 21.8 Å². The number of nitrogens with zero attached hydrogens (tertiary/aromatic N) is 3. The standard InChI is InChI=1S/C24H24F5N5O4S/c1-39(36,37)16-10-13(24(27,28)29)7-8-14(16)30-15-11-17(32-23(35)12-5-6-12)31-21-19(15)33-22(20(25)26)34(21)18-4-2-3-9-38-18/h7-8,10-12,18,20H,2-6,9H2,1H3,(H2,30,31,32,35). The Balaban J connectivity index is 1.68. The number of hydrogen-bond donors (Lipinski definition) is 2. The summed E-state index contributed by atoms with van der Waals surface area (Å²) in [7, 11) is -4.17. The number of carbonyl (C=O) groups excluding carboxylic acids is 1. The van der Waals surface area contributed by atoms with Crippen molar-refractivity contribution in [3.63, 3.8) is 0 Å². The fourth-order valence-corrected chi connectivity index (χ4v) is 5.29. The molecule has 2 aromatic heterocycles. The van der Waals surface area contributed by atoms with Crippen LogP contribution in [0.5, 0.6) is 0 Å². The Morgan fingerprint density at radius 2 is 1.85 bits per heavy atom. The maximum atomic E-state index is 14.1. The number of rotatable bonds is 7. The second kappa shape index (κ2) is 10.0. The van der Waals surface area contributed by atoms with Crippen molar-refractivity contribution >= 4 is 44.1 Å². The fraction of sp³-hybridized carbons (Fsp3) is 0.458. The topological polar surface area (TPSA) is 115 Å². The van der Waals surface area contributed by atoms with E-state index in [4.69, 9.17) is 4.74 Å². The Bertz CT molecular complexity index is 1530. The van der Waals surface area contributed by atoms with Crippen LogP contribution >= 0.6 is 0 Å². The van der Waals surface area contributed by atoms with Gasteiger partial charge in [0, 0.05) is 24.8 Å². The van der Waals surface area contributed by atoms with Crippen LogP contribution in [0.1, 0.15) is 56.1 Å². The van der Waals surface area contributed by atoms with Crippen LogP contribution in [0.15, 0.2) is 29.2 Å². The summed E-state index contributed by atoms with van der Waals surface area (Å²) >= 11 is 0. The number of alkyl halides is 5. The Labute approximate surface area is 219 Å². The number of pyridine rings is 1. The summed E-state index contributed by atoms with van der Waals surface area (Å²) in [6.45, 7) is 0.333. The molecule has 1 unspecified atom stereocenters. The number of hydrogen-bond acceptors (Lipinski definition) is 7. The molecule has 1 saturated heterocycles. The molecular formula is C24H24F5N5O4S. The summed E-state index contributed by atoms with van der Waals surface area (Å²) in [5.74, 6) is -1.21. The summed E-state index contributed by atoms with van der Waals surface area (Å²) in [6.07, 6.45) is -4.64. The molecule has 0 radical (unpaired) electrons. The number of fused-ring (bicyclic) bond motifs is 1. The number of nitrogens with one attached hydrogen (secondary N) is 2. The third-order valence-electron chi connectivity index (χ3n) is 6.49. The van der Waals surface area contributed by atoms with Gasteiger partial charge in [0.1, 0.15) is 17.6 Å². The molecule has 9 nitrogen and oxygen atoms in total. The van der Waals surface area contributed by atoms with E-state index >= 15 is 0 Å². The van der Waals surface area contributed by atoms with E-state index in [1.807, 2.05) is 0 Å². The Morgan fingerprint density at radius 3 is 2.44 bits per heavy atom. The summed E-state index contributed by atoms with van der Waals surface area (Å²) in [5, 5.41) is 5.38. The van der Waals surface area contributed by atoms with Gasteiger partial charge in [0.15, 0.2) is 21.3 Å². The molecule has 15 heteroatoms. The molecule has 2 fully saturated rings. The third-order valence-corrected chi connectivity index (χ3v) is 7.63. The lowest BCUT2D eigenvalue weighted by Crippen LogP contribution is -2.21. The normalized spacial score (nSPS) is 18.5. The smallest absolute Gasteiger partial charge is 0.358 e. The zero-order valence-corrected chi connectivity index (χ0v) is 21.4. The number of aromatic nitrogens is 3. The predicted octanol–water partition coefficient (Wildman–Crippen LogP) is 5.58. The molecule has 0 bridgehead atoms. The van der Waals surface area contributed by atoms with Gasteiger partial charge in [-0.15, -0.1) is 0 Å². The number of anilines is 3. The second-order valence-electron chi connectivity index (χ2n) is 9.56. The van der Waals surface area contributed by atoms with Gasteiger partial charge in [-0.25, -0.2) is 27.2 Å². The van der Waals surface area contributed by atoms with Gasteiger partial charge in [-0.3, -0.25) is 9.36 Å². The van der Waals surface area contributed by atoms with Crippen LogP contribution in [-0.2, 0) is 25.5 Å². The van der Waals surface area contributed by atoms with E-state index in [1.165, 1.54) is 6.07 Å². The molecule has 0 spiro atoms. The first-order valence-electron chi connectivity index (χ1n) is 12.1. The summed E-state index contributed by atoms with van der Waals surface area (Å²) < 4.78 is 99.9. The molecule has 1 amide bonds. The van der Waals surface area contributed by atoms with Crippen LogP contribution in [0, 0.1) is 5.92 Å². The van der Waals surface area contributed by atoms with Gasteiger partial charge in [0.2, 0.25) is 5.91 Å². The van der Waals surface area contributed by atoms with Gasteiger partial charge in [-0.05, 0) is 50.3 Å². The number of carbonyl (C=O) groups is 1. The van der Waals surface area contributed by atoms with E-state index in [0.717, 1.165) is 23.3 Å². The lowest BCUT2D eigenvalue weighted by atomic mass is 10.2. The van der Waals surface area contributed by atoms with Crippen molar-refractivity contribution in [2.45, 2.75) is 55.8 Å². The second-order valence-corrected chi connectivity index (χ2v) is 11.5. The molecule has 1 aliphatic carbocycles. The number of benzene rings is 1. The Kier molecular flexibility index (Phi) is 6.99. The number of imidazole rings is 1. The molecule has 3 heterocycles. The van der Waals surface area contributed by atoms with Crippen molar-refractivity contribution in [1.29, 1.82) is 0 Å². The van der Waals surface area contributed by atoms with Gasteiger partial charge in [0.25, 0.3) is 6.43 Å². The van der Waals surface area contributed by atoms with E-state index in [2.05, 4.69) is 20.6 Å². The third kappa shape index (κ3) is 5.69. The molecule has 210 valence electrons. The Morgan fingerprint density at radius 1 is 1.10 bits per heavy atom. The molecule has 5 rings (SSSR count). The number of amides is 1. The van der Waals surface area contributed by atoms with Crippen molar-refractivity contribution in [2.24, 2.45) is 5.92 Å². The first-order chi connectivity index (χ1) is 18.3. The zero-order valence-electron chi connectivity index (χ0n) is 20.6. The maximum absolute atomic E-state index is 14.1. The van der Waals surface area contributed by atoms with E-state index in [9.17, 15) is 35.2 Å². The highest BCUT2D eigenvalue weighted by molar-refractivity contribution is 7.90. The maximum Gasteiger partial charge on any atom is 0.416 e. The minimum atomic E-state index is -4.80. The molecular weight excluding hydrogens is 549 g/mol. The first-order valence-corrected chi connectivity index (χ1v) is 14.0. The number of sulfone groups is 1. The highest BCUT2D eigenvalue weighted by Crippen LogP contribution is 2.39. The minimum Gasteiger partial charge on any atom is -0.358 e. The van der Waals surface area contributed by atoms with Crippen molar-refractivity contribution < 1.29 is 39.9 Å². The SMILES string of the molecule is CS(=O)(=O)c1cc(C(F)(F)F)ccc1Nc1cc(NC(=O)C2CC2)nc2c1nc(C(F)F)n2C1CCCCO1. The fourth-order valence-electron chi connectivity index (χ4n) is 4.43. The van der Waals surface area contributed by atoms with Crippen LogP contribution in [0.25, 0.3) is 11.2 Å². The van der Waals surface area contributed by atoms with Gasteiger partial charge in [-0.1, -0.05) is 0 Å². The average Bonchev–Trinajstić information content (AvgIpc) is 3.64. The van der Waals surface area contributed by atoms with Gasteiger partial charge < -0.3 is 15.4 Å². The predicted molar refractivity (Wildman–Crippen MR) is 131 cm³/mol. The number of ether oxygens (including phenoxy) is 1. The van der Waals surface area contributed by atoms with Gasteiger partial charge in [-0.2, -0.15) is 13.2 Å². The monoisotopic (exact) mass is 573 g/mol. The molecule has 39 heavy (non-hydrogen) atoms. The van der Waals surface area contributed by atoms with E-state index in [0.29, 0.717) is 44.4 Å². The molecule has 1 saturated carbocycles. The average molecular weight is 574 g/mol. The molecule has 1 aliphatic heterocycles. The van der Waals surface area contributed by atoms with Crippen LogP contribution in [-0.4, -0.2) is 41.7 Å². The lowest BCUT2D eigenvalue weighted by Gasteiger charge is -2.25. The van der Waals surface area contributed by atoms with E-state index in [1.54, 1.807) is 0 Å². The zero-order chi connectivity index (χ0) is 28.1. The largest absolute Gasteiger partial charge is 0.416 e.